The SMILES string of the molecule is CC1CC(C)(N)C1N. The van der Waals surface area contributed by atoms with Crippen molar-refractivity contribution in [2.75, 3.05) is 0 Å². The molecule has 4 N–H and O–H groups in total. The smallest absolute Gasteiger partial charge is 0.0284 e. The molecule has 0 saturated heterocycles. The van der Waals surface area contributed by atoms with Crippen LogP contribution < -0.4 is 11.5 Å². The highest BCUT2D eigenvalue weighted by atomic mass is 14.9. The summed E-state index contributed by atoms with van der Waals surface area (Å²) in [4.78, 5) is 0. The van der Waals surface area contributed by atoms with Crippen LogP contribution in [0.15, 0.2) is 0 Å². The Morgan fingerprint density at radius 3 is 2.12 bits per heavy atom. The fourth-order valence-electron chi connectivity index (χ4n) is 1.45. The monoisotopic (exact) mass is 114 g/mol. The van der Waals surface area contributed by atoms with E-state index in [0.717, 1.165) is 6.42 Å². The van der Waals surface area contributed by atoms with E-state index in [1.54, 1.807) is 0 Å². The second-order valence-electron chi connectivity index (χ2n) is 3.21. The average Bonchev–Trinajstić information content (AvgIpc) is 1.65. The number of hydrogen-bond acceptors (Lipinski definition) is 2. The zero-order valence-corrected chi connectivity index (χ0v) is 5.52. The first-order valence-corrected chi connectivity index (χ1v) is 3.08. The van der Waals surface area contributed by atoms with Gasteiger partial charge in [0.25, 0.3) is 0 Å². The van der Waals surface area contributed by atoms with Crippen LogP contribution in [0.2, 0.25) is 0 Å². The van der Waals surface area contributed by atoms with E-state index in [9.17, 15) is 0 Å². The van der Waals surface area contributed by atoms with E-state index in [-0.39, 0.29) is 11.6 Å². The zero-order valence-electron chi connectivity index (χ0n) is 5.52. The Morgan fingerprint density at radius 2 is 2.12 bits per heavy atom. The quantitative estimate of drug-likeness (QED) is 0.468. The maximum Gasteiger partial charge on any atom is 0.0284 e. The van der Waals surface area contributed by atoms with Crippen LogP contribution in [0.5, 0.6) is 0 Å². The van der Waals surface area contributed by atoms with Crippen molar-refractivity contribution in [2.24, 2.45) is 17.4 Å². The Kier molecular flexibility index (Phi) is 1.10. The average molecular weight is 114 g/mol. The van der Waals surface area contributed by atoms with Crippen molar-refractivity contribution in [1.29, 1.82) is 0 Å². The molecule has 0 spiro atoms. The summed E-state index contributed by atoms with van der Waals surface area (Å²) in [6.07, 6.45) is 1.08. The molecule has 0 bridgehead atoms. The van der Waals surface area contributed by atoms with Crippen molar-refractivity contribution in [3.8, 4) is 0 Å². The van der Waals surface area contributed by atoms with Crippen LogP contribution in [0.3, 0.4) is 0 Å². The van der Waals surface area contributed by atoms with Crippen LogP contribution in [0.1, 0.15) is 20.3 Å². The third-order valence-electron chi connectivity index (χ3n) is 2.14. The summed E-state index contributed by atoms with van der Waals surface area (Å²) in [5.41, 5.74) is 11.3. The molecule has 0 aromatic heterocycles. The zero-order chi connectivity index (χ0) is 6.36. The lowest BCUT2D eigenvalue weighted by molar-refractivity contribution is 0.137. The van der Waals surface area contributed by atoms with Crippen LogP contribution >= 0.6 is 0 Å². The highest BCUT2D eigenvalue weighted by Gasteiger charge is 2.42. The molecule has 1 aliphatic rings. The fourth-order valence-corrected chi connectivity index (χ4v) is 1.45. The van der Waals surface area contributed by atoms with Crippen molar-refractivity contribution in [1.82, 2.24) is 0 Å². The van der Waals surface area contributed by atoms with E-state index in [2.05, 4.69) is 6.92 Å². The third kappa shape index (κ3) is 0.644. The van der Waals surface area contributed by atoms with Gasteiger partial charge in [-0.3, -0.25) is 0 Å². The summed E-state index contributed by atoms with van der Waals surface area (Å²) in [6, 6.07) is 0.225. The van der Waals surface area contributed by atoms with Crippen LogP contribution in [-0.2, 0) is 0 Å². The third-order valence-corrected chi connectivity index (χ3v) is 2.14. The maximum atomic E-state index is 5.73. The molecule has 3 atom stereocenters. The minimum absolute atomic E-state index is 0.0700. The Bertz CT molecular complexity index is 98.7. The van der Waals surface area contributed by atoms with E-state index in [1.165, 1.54) is 0 Å². The van der Waals surface area contributed by atoms with Gasteiger partial charge in [0.1, 0.15) is 0 Å². The molecule has 1 aliphatic carbocycles. The van der Waals surface area contributed by atoms with Crippen molar-refractivity contribution in [3.63, 3.8) is 0 Å². The van der Waals surface area contributed by atoms with Gasteiger partial charge in [0.05, 0.1) is 0 Å². The first-order chi connectivity index (χ1) is 3.54. The van der Waals surface area contributed by atoms with E-state index in [1.807, 2.05) is 6.92 Å². The van der Waals surface area contributed by atoms with Crippen LogP contribution in [0.4, 0.5) is 0 Å². The molecular weight excluding hydrogens is 100 g/mol. The summed E-state index contributed by atoms with van der Waals surface area (Å²) in [6.45, 7) is 4.15. The van der Waals surface area contributed by atoms with E-state index >= 15 is 0 Å². The van der Waals surface area contributed by atoms with E-state index in [4.69, 9.17) is 11.5 Å². The van der Waals surface area contributed by atoms with Gasteiger partial charge < -0.3 is 11.5 Å². The molecule has 0 amide bonds. The molecular formula is C6H14N2. The van der Waals surface area contributed by atoms with Gasteiger partial charge in [0.15, 0.2) is 0 Å². The second kappa shape index (κ2) is 1.45. The Morgan fingerprint density at radius 1 is 1.62 bits per heavy atom. The molecule has 2 nitrogen and oxygen atoms in total. The summed E-state index contributed by atoms with van der Waals surface area (Å²) < 4.78 is 0. The minimum Gasteiger partial charge on any atom is -0.326 e. The summed E-state index contributed by atoms with van der Waals surface area (Å²) in [7, 11) is 0. The molecule has 2 heteroatoms. The molecule has 8 heavy (non-hydrogen) atoms. The molecule has 0 aliphatic heterocycles. The van der Waals surface area contributed by atoms with Gasteiger partial charge in [-0.1, -0.05) is 6.92 Å². The molecule has 0 heterocycles. The first-order valence-electron chi connectivity index (χ1n) is 3.08. The molecule has 1 rings (SSSR count). The van der Waals surface area contributed by atoms with E-state index < -0.39 is 0 Å². The topological polar surface area (TPSA) is 52.0 Å². The van der Waals surface area contributed by atoms with Crippen LogP contribution in [-0.4, -0.2) is 11.6 Å². The van der Waals surface area contributed by atoms with Crippen molar-refractivity contribution < 1.29 is 0 Å². The number of nitrogens with two attached hydrogens (primary N) is 2. The van der Waals surface area contributed by atoms with Gasteiger partial charge in [-0.15, -0.1) is 0 Å². The van der Waals surface area contributed by atoms with Gasteiger partial charge >= 0.3 is 0 Å². The summed E-state index contributed by atoms with van der Waals surface area (Å²) >= 11 is 0. The maximum absolute atomic E-state index is 5.73. The highest BCUT2D eigenvalue weighted by molar-refractivity contribution is 5.04. The van der Waals surface area contributed by atoms with Gasteiger partial charge in [-0.05, 0) is 19.3 Å². The van der Waals surface area contributed by atoms with E-state index in [0.29, 0.717) is 5.92 Å². The van der Waals surface area contributed by atoms with Gasteiger partial charge in [-0.2, -0.15) is 0 Å². The number of rotatable bonds is 0. The Hall–Kier alpha value is -0.0800. The standard InChI is InChI=1S/C6H14N2/c1-4-3-6(2,8)5(4)7/h4-5H,3,7-8H2,1-2H3. The van der Waals surface area contributed by atoms with Crippen molar-refractivity contribution in [2.45, 2.75) is 31.8 Å². The highest BCUT2D eigenvalue weighted by Crippen LogP contribution is 2.33. The Labute approximate surface area is 50.2 Å². The van der Waals surface area contributed by atoms with Gasteiger partial charge in [0, 0.05) is 11.6 Å². The predicted molar refractivity (Wildman–Crippen MR) is 34.3 cm³/mol. The Balaban J connectivity index is 2.47. The molecule has 3 unspecified atom stereocenters. The molecule has 1 fully saturated rings. The molecule has 0 aromatic carbocycles. The molecule has 0 radical (unpaired) electrons. The first kappa shape index (κ1) is 6.05. The van der Waals surface area contributed by atoms with Gasteiger partial charge in [-0.25, -0.2) is 0 Å². The fraction of sp³-hybridized carbons (Fsp3) is 1.00. The largest absolute Gasteiger partial charge is 0.326 e. The lowest BCUT2D eigenvalue weighted by Gasteiger charge is -2.47. The van der Waals surface area contributed by atoms with Crippen LogP contribution in [0.25, 0.3) is 0 Å². The van der Waals surface area contributed by atoms with Gasteiger partial charge in [0.2, 0.25) is 0 Å². The molecule has 1 saturated carbocycles. The van der Waals surface area contributed by atoms with Crippen molar-refractivity contribution >= 4 is 0 Å². The summed E-state index contributed by atoms with van der Waals surface area (Å²) in [5.74, 6) is 0.630. The van der Waals surface area contributed by atoms with Crippen molar-refractivity contribution in [3.05, 3.63) is 0 Å². The molecule has 48 valence electrons. The van der Waals surface area contributed by atoms with Crippen LogP contribution in [0, 0.1) is 5.92 Å². The normalized spacial score (nSPS) is 55.5. The predicted octanol–water partition coefficient (Wildman–Crippen LogP) is 0.0709. The number of hydrogen-bond donors (Lipinski definition) is 2. The minimum atomic E-state index is -0.0700. The lowest BCUT2D eigenvalue weighted by Crippen LogP contribution is -2.65. The molecule has 0 aromatic rings. The lowest BCUT2D eigenvalue weighted by atomic mass is 9.67. The second-order valence-corrected chi connectivity index (χ2v) is 3.21. The summed E-state index contributed by atoms with van der Waals surface area (Å²) in [5, 5.41) is 0.